The summed E-state index contributed by atoms with van der Waals surface area (Å²) in [5.74, 6) is -3.64. The third-order valence-electron chi connectivity index (χ3n) is 2.63. The minimum atomic E-state index is -1.59. The Morgan fingerprint density at radius 1 is 1.33 bits per heavy atom. The summed E-state index contributed by atoms with van der Waals surface area (Å²) in [5.41, 5.74) is -0.310. The van der Waals surface area contributed by atoms with E-state index in [9.17, 15) is 22.6 Å². The summed E-state index contributed by atoms with van der Waals surface area (Å²) >= 11 is 0. The molecule has 96 valence electrons. The second-order valence-corrected chi connectivity index (χ2v) is 5.59. The first-order chi connectivity index (χ1) is 8.41. The van der Waals surface area contributed by atoms with E-state index in [0.29, 0.717) is 11.0 Å². The van der Waals surface area contributed by atoms with Gasteiger partial charge in [-0.25, -0.2) is 13.7 Å². The molecule has 2 atom stereocenters. The highest BCUT2D eigenvalue weighted by Crippen LogP contribution is 2.24. The first-order valence-electron chi connectivity index (χ1n) is 5.11. The van der Waals surface area contributed by atoms with Crippen LogP contribution in [0.2, 0.25) is 0 Å². The van der Waals surface area contributed by atoms with Gasteiger partial charge in [0.25, 0.3) is 0 Å². The third-order valence-corrected chi connectivity index (χ3v) is 4.15. The van der Waals surface area contributed by atoms with Crippen molar-refractivity contribution in [1.82, 2.24) is 0 Å². The van der Waals surface area contributed by atoms with E-state index < -0.39 is 39.5 Å². The van der Waals surface area contributed by atoms with Gasteiger partial charge in [-0.15, -0.1) is 0 Å². The van der Waals surface area contributed by atoms with E-state index in [0.717, 1.165) is 12.1 Å². The van der Waals surface area contributed by atoms with Crippen LogP contribution in [0.15, 0.2) is 18.2 Å². The average molecular weight is 273 g/mol. The molecule has 1 aliphatic rings. The normalized spacial score (nSPS) is 24.5. The van der Waals surface area contributed by atoms with Crippen molar-refractivity contribution in [3.05, 3.63) is 29.8 Å². The van der Waals surface area contributed by atoms with Gasteiger partial charge in [0.15, 0.2) is 0 Å². The SMILES string of the molecule is C[C@@H]1C(=O)N(c2ccc(F)cc2F)C(=O)C[S@]1=O. The Bertz CT molecular complexity index is 561. The van der Waals surface area contributed by atoms with Crippen LogP contribution in [-0.2, 0) is 20.4 Å². The Labute approximate surface area is 104 Å². The standard InChI is InChI=1S/C11H9F2NO3S/c1-6-11(16)14(10(15)5-18(6)17)9-3-2-7(12)4-8(9)13/h2-4,6H,5H2,1H3/t6-,18-/m1/s1. The maximum atomic E-state index is 13.5. The molecule has 1 aromatic rings. The topological polar surface area (TPSA) is 54.5 Å². The fourth-order valence-corrected chi connectivity index (χ4v) is 2.60. The van der Waals surface area contributed by atoms with E-state index in [2.05, 4.69) is 0 Å². The van der Waals surface area contributed by atoms with E-state index in [1.54, 1.807) is 0 Å². The van der Waals surface area contributed by atoms with Crippen molar-refractivity contribution in [2.45, 2.75) is 12.2 Å². The van der Waals surface area contributed by atoms with Crippen molar-refractivity contribution < 1.29 is 22.6 Å². The van der Waals surface area contributed by atoms with Gasteiger partial charge in [0.2, 0.25) is 11.8 Å². The van der Waals surface area contributed by atoms with E-state index in [4.69, 9.17) is 0 Å². The monoisotopic (exact) mass is 273 g/mol. The largest absolute Gasteiger partial charge is 0.273 e. The number of imide groups is 1. The summed E-state index contributed by atoms with van der Waals surface area (Å²) in [6.45, 7) is 1.40. The maximum Gasteiger partial charge on any atom is 0.249 e. The van der Waals surface area contributed by atoms with Crippen LogP contribution in [0.3, 0.4) is 0 Å². The molecule has 4 nitrogen and oxygen atoms in total. The number of carbonyl (C=O) groups is 2. The molecule has 1 aromatic carbocycles. The van der Waals surface area contributed by atoms with Crippen molar-refractivity contribution in [3.63, 3.8) is 0 Å². The van der Waals surface area contributed by atoms with Gasteiger partial charge in [0.1, 0.15) is 22.6 Å². The van der Waals surface area contributed by atoms with Crippen LogP contribution in [0.1, 0.15) is 6.92 Å². The highest BCUT2D eigenvalue weighted by Gasteiger charge is 2.38. The lowest BCUT2D eigenvalue weighted by molar-refractivity contribution is -0.125. The smallest absolute Gasteiger partial charge is 0.249 e. The molecule has 2 rings (SSSR count). The number of hydrogen-bond acceptors (Lipinski definition) is 3. The molecule has 7 heteroatoms. The molecule has 18 heavy (non-hydrogen) atoms. The Kier molecular flexibility index (Phi) is 3.25. The zero-order valence-corrected chi connectivity index (χ0v) is 10.2. The van der Waals surface area contributed by atoms with Crippen molar-refractivity contribution >= 4 is 28.3 Å². The molecule has 0 radical (unpaired) electrons. The van der Waals surface area contributed by atoms with Gasteiger partial charge in [-0.3, -0.25) is 13.8 Å². The summed E-state index contributed by atoms with van der Waals surface area (Å²) in [7, 11) is -1.59. The molecule has 0 unspecified atom stereocenters. The highest BCUT2D eigenvalue weighted by atomic mass is 32.2. The van der Waals surface area contributed by atoms with Crippen LogP contribution in [-0.4, -0.2) is 27.0 Å². The number of amides is 2. The van der Waals surface area contributed by atoms with Gasteiger partial charge in [0, 0.05) is 16.9 Å². The van der Waals surface area contributed by atoms with Crippen molar-refractivity contribution in [1.29, 1.82) is 0 Å². The fourth-order valence-electron chi connectivity index (χ4n) is 1.64. The maximum absolute atomic E-state index is 13.5. The van der Waals surface area contributed by atoms with Crippen LogP contribution < -0.4 is 4.90 Å². The molecule has 1 heterocycles. The first-order valence-corrected chi connectivity index (χ1v) is 6.49. The number of hydrogen-bond donors (Lipinski definition) is 0. The molecule has 0 spiro atoms. The molecule has 0 N–H and O–H groups in total. The molecule has 0 bridgehead atoms. The predicted octanol–water partition coefficient (Wildman–Crippen LogP) is 0.975. The van der Waals surface area contributed by atoms with Crippen molar-refractivity contribution in [3.8, 4) is 0 Å². The zero-order chi connectivity index (χ0) is 13.4. The Balaban J connectivity index is 2.46. The van der Waals surface area contributed by atoms with Gasteiger partial charge in [-0.1, -0.05) is 0 Å². The van der Waals surface area contributed by atoms with Crippen LogP contribution in [0.4, 0.5) is 14.5 Å². The van der Waals surface area contributed by atoms with Crippen LogP contribution in [0.5, 0.6) is 0 Å². The molecule has 1 fully saturated rings. The molecule has 1 aliphatic heterocycles. The zero-order valence-electron chi connectivity index (χ0n) is 9.35. The van der Waals surface area contributed by atoms with Gasteiger partial charge < -0.3 is 0 Å². The Hall–Kier alpha value is -1.63. The Morgan fingerprint density at radius 2 is 2.00 bits per heavy atom. The van der Waals surface area contributed by atoms with Crippen LogP contribution in [0.25, 0.3) is 0 Å². The molecular formula is C11H9F2NO3S. The summed E-state index contributed by atoms with van der Waals surface area (Å²) in [6, 6.07) is 2.56. The lowest BCUT2D eigenvalue weighted by Gasteiger charge is -2.28. The van der Waals surface area contributed by atoms with Gasteiger partial charge in [-0.2, -0.15) is 0 Å². The fraction of sp³-hybridized carbons (Fsp3) is 0.273. The second-order valence-electron chi connectivity index (χ2n) is 3.83. The number of rotatable bonds is 1. The van der Waals surface area contributed by atoms with Gasteiger partial charge in [0.05, 0.1) is 5.69 Å². The second kappa shape index (κ2) is 4.56. The van der Waals surface area contributed by atoms with Crippen LogP contribution >= 0.6 is 0 Å². The number of benzene rings is 1. The van der Waals surface area contributed by atoms with Gasteiger partial charge in [-0.05, 0) is 19.1 Å². The minimum absolute atomic E-state index is 0.310. The lowest BCUT2D eigenvalue weighted by Crippen LogP contribution is -2.52. The number of carbonyl (C=O) groups excluding carboxylic acids is 2. The minimum Gasteiger partial charge on any atom is -0.273 e. The number of anilines is 1. The summed E-state index contributed by atoms with van der Waals surface area (Å²) in [4.78, 5) is 24.1. The molecule has 1 saturated heterocycles. The van der Waals surface area contributed by atoms with E-state index in [1.807, 2.05) is 0 Å². The average Bonchev–Trinajstić information content (AvgIpc) is 2.29. The Morgan fingerprint density at radius 3 is 2.61 bits per heavy atom. The molecule has 2 amide bonds. The van der Waals surface area contributed by atoms with Gasteiger partial charge >= 0.3 is 0 Å². The van der Waals surface area contributed by atoms with Crippen molar-refractivity contribution in [2.24, 2.45) is 0 Å². The molecule has 0 aromatic heterocycles. The quantitative estimate of drug-likeness (QED) is 0.717. The van der Waals surface area contributed by atoms with Crippen LogP contribution in [0, 0.1) is 11.6 Å². The predicted molar refractivity (Wildman–Crippen MR) is 61.3 cm³/mol. The number of halogens is 2. The van der Waals surface area contributed by atoms with E-state index in [-0.39, 0.29) is 11.4 Å². The first kappa shape index (κ1) is 12.8. The summed E-state index contributed by atoms with van der Waals surface area (Å²) in [5, 5.41) is -0.882. The molecule has 0 aliphatic carbocycles. The highest BCUT2D eigenvalue weighted by molar-refractivity contribution is 7.87. The third kappa shape index (κ3) is 2.05. The summed E-state index contributed by atoms with van der Waals surface area (Å²) in [6.07, 6.45) is 0. The molecule has 0 saturated carbocycles. The molecular weight excluding hydrogens is 264 g/mol. The van der Waals surface area contributed by atoms with Crippen molar-refractivity contribution in [2.75, 3.05) is 10.7 Å². The van der Waals surface area contributed by atoms with E-state index >= 15 is 0 Å². The van der Waals surface area contributed by atoms with E-state index in [1.165, 1.54) is 6.92 Å². The number of nitrogens with zero attached hydrogens (tertiary/aromatic N) is 1. The lowest BCUT2D eigenvalue weighted by atomic mass is 10.2. The summed E-state index contributed by atoms with van der Waals surface area (Å²) < 4.78 is 37.7.